The van der Waals surface area contributed by atoms with E-state index in [1.54, 1.807) is 17.9 Å². The molecule has 8 nitrogen and oxygen atoms in total. The Morgan fingerprint density at radius 2 is 2.30 bits per heavy atom. The van der Waals surface area contributed by atoms with E-state index in [1.807, 2.05) is 6.92 Å². The Morgan fingerprint density at radius 1 is 1.43 bits per heavy atom. The van der Waals surface area contributed by atoms with E-state index in [-0.39, 0.29) is 18.1 Å². The second-order valence-electron chi connectivity index (χ2n) is 6.30. The van der Waals surface area contributed by atoms with Gasteiger partial charge in [-0.2, -0.15) is 5.10 Å². The molecule has 122 valence electrons. The minimum absolute atomic E-state index is 0.0319. The summed E-state index contributed by atoms with van der Waals surface area (Å²) in [4.78, 5) is 18.6. The summed E-state index contributed by atoms with van der Waals surface area (Å²) in [6.45, 7) is 4.95. The van der Waals surface area contributed by atoms with Crippen LogP contribution in [0.15, 0.2) is 10.6 Å². The van der Waals surface area contributed by atoms with Crippen LogP contribution in [-0.4, -0.2) is 50.3 Å². The number of hydrogen-bond donors (Lipinski definition) is 1. The summed E-state index contributed by atoms with van der Waals surface area (Å²) >= 11 is 0. The molecule has 23 heavy (non-hydrogen) atoms. The summed E-state index contributed by atoms with van der Waals surface area (Å²) in [5.74, 6) is 2.49. The van der Waals surface area contributed by atoms with Crippen molar-refractivity contribution in [2.75, 3.05) is 13.1 Å². The fourth-order valence-corrected chi connectivity index (χ4v) is 3.41. The number of H-pyrrole nitrogens is 1. The number of aromatic amines is 1. The third kappa shape index (κ3) is 2.63. The fraction of sp³-hybridized carbons (Fsp3) is 0.600. The first-order valence-electron chi connectivity index (χ1n) is 7.87. The molecule has 0 unspecified atom stereocenters. The summed E-state index contributed by atoms with van der Waals surface area (Å²) < 4.78 is 11.1. The number of rotatable bonds is 2. The Bertz CT molecular complexity index is 724. The number of aromatic nitrogens is 4. The number of piperidine rings is 1. The zero-order valence-corrected chi connectivity index (χ0v) is 13.2. The Morgan fingerprint density at radius 3 is 3.00 bits per heavy atom. The van der Waals surface area contributed by atoms with Crippen molar-refractivity contribution in [3.05, 3.63) is 29.2 Å². The SMILES string of the molecule is Cc1nc([C@@H]2C[C@H]3CCN(C(=O)c4cc(C)on4)C[C@@H]3O2)n[nH]1. The van der Waals surface area contributed by atoms with Crippen LogP contribution in [0.5, 0.6) is 0 Å². The van der Waals surface area contributed by atoms with Gasteiger partial charge in [0.1, 0.15) is 17.7 Å². The monoisotopic (exact) mass is 317 g/mol. The molecule has 0 radical (unpaired) electrons. The van der Waals surface area contributed by atoms with Crippen LogP contribution in [0.2, 0.25) is 0 Å². The Balaban J connectivity index is 1.44. The number of aryl methyl sites for hydroxylation is 2. The number of likely N-dealkylation sites (tertiary alicyclic amines) is 1. The first-order valence-corrected chi connectivity index (χ1v) is 7.87. The van der Waals surface area contributed by atoms with Crippen LogP contribution in [0, 0.1) is 19.8 Å². The van der Waals surface area contributed by atoms with Crippen LogP contribution in [0.1, 0.15) is 46.8 Å². The number of nitrogens with zero attached hydrogens (tertiary/aromatic N) is 4. The first-order chi connectivity index (χ1) is 11.1. The van der Waals surface area contributed by atoms with Crippen molar-refractivity contribution in [2.24, 2.45) is 5.92 Å². The smallest absolute Gasteiger partial charge is 0.276 e. The Kier molecular flexibility index (Phi) is 3.41. The third-order valence-corrected chi connectivity index (χ3v) is 4.59. The van der Waals surface area contributed by atoms with Gasteiger partial charge >= 0.3 is 0 Å². The highest BCUT2D eigenvalue weighted by Gasteiger charge is 2.42. The molecular weight excluding hydrogens is 298 g/mol. The summed E-state index contributed by atoms with van der Waals surface area (Å²) in [6, 6.07) is 1.67. The lowest BCUT2D eigenvalue weighted by atomic mass is 9.91. The molecule has 0 aliphatic carbocycles. The molecule has 2 aliphatic rings. The van der Waals surface area contributed by atoms with E-state index < -0.39 is 0 Å². The van der Waals surface area contributed by atoms with Crippen molar-refractivity contribution < 1.29 is 14.1 Å². The molecule has 1 N–H and O–H groups in total. The standard InChI is InChI=1S/C15H19N5O3/c1-8-5-11(19-23-8)15(21)20-4-3-10-6-12(22-13(10)7-20)14-16-9(2)17-18-14/h5,10,12-13H,3-4,6-7H2,1-2H3,(H,16,17,18)/t10-,12+,13+/m1/s1. The molecule has 3 atom stereocenters. The number of amides is 1. The average molecular weight is 317 g/mol. The van der Waals surface area contributed by atoms with Crippen LogP contribution >= 0.6 is 0 Å². The molecule has 1 amide bonds. The van der Waals surface area contributed by atoms with Gasteiger partial charge in [0.15, 0.2) is 11.5 Å². The first kappa shape index (κ1) is 14.4. The van der Waals surface area contributed by atoms with Gasteiger partial charge in [-0.15, -0.1) is 0 Å². The van der Waals surface area contributed by atoms with Crippen molar-refractivity contribution in [1.29, 1.82) is 0 Å². The number of ether oxygens (including phenoxy) is 1. The molecule has 2 saturated heterocycles. The zero-order chi connectivity index (χ0) is 16.0. The van der Waals surface area contributed by atoms with E-state index in [0.29, 0.717) is 29.7 Å². The van der Waals surface area contributed by atoms with Gasteiger partial charge in [0.05, 0.1) is 6.10 Å². The van der Waals surface area contributed by atoms with Crippen molar-refractivity contribution in [3.8, 4) is 0 Å². The van der Waals surface area contributed by atoms with E-state index >= 15 is 0 Å². The molecule has 0 spiro atoms. The number of fused-ring (bicyclic) bond motifs is 1. The van der Waals surface area contributed by atoms with Gasteiger partial charge in [-0.25, -0.2) is 4.98 Å². The van der Waals surface area contributed by atoms with Gasteiger partial charge in [-0.1, -0.05) is 5.16 Å². The summed E-state index contributed by atoms with van der Waals surface area (Å²) in [5.41, 5.74) is 0.361. The van der Waals surface area contributed by atoms with Gasteiger partial charge in [-0.05, 0) is 32.6 Å². The summed E-state index contributed by atoms with van der Waals surface area (Å²) in [7, 11) is 0. The molecule has 8 heteroatoms. The lowest BCUT2D eigenvalue weighted by Gasteiger charge is -2.33. The summed E-state index contributed by atoms with van der Waals surface area (Å²) in [6.07, 6.45) is 1.78. The maximum Gasteiger partial charge on any atom is 0.276 e. The average Bonchev–Trinajstić information content (AvgIpc) is 3.24. The highest BCUT2D eigenvalue weighted by atomic mass is 16.5. The molecule has 4 heterocycles. The van der Waals surface area contributed by atoms with Crippen LogP contribution < -0.4 is 0 Å². The number of carbonyl (C=O) groups excluding carboxylic acids is 1. The van der Waals surface area contributed by atoms with Crippen molar-refractivity contribution in [1.82, 2.24) is 25.2 Å². The molecule has 4 rings (SSSR count). The minimum Gasteiger partial charge on any atom is -0.365 e. The van der Waals surface area contributed by atoms with Crippen LogP contribution in [-0.2, 0) is 4.74 Å². The predicted molar refractivity (Wildman–Crippen MR) is 78.6 cm³/mol. The molecule has 2 aromatic heterocycles. The Labute approximate surface area is 133 Å². The van der Waals surface area contributed by atoms with Crippen LogP contribution in [0.4, 0.5) is 0 Å². The second-order valence-corrected chi connectivity index (χ2v) is 6.30. The lowest BCUT2D eigenvalue weighted by molar-refractivity contribution is -0.00708. The highest BCUT2D eigenvalue weighted by molar-refractivity contribution is 5.92. The fourth-order valence-electron chi connectivity index (χ4n) is 3.41. The largest absolute Gasteiger partial charge is 0.365 e. The van der Waals surface area contributed by atoms with E-state index in [0.717, 1.165) is 25.2 Å². The second kappa shape index (κ2) is 5.45. The molecular formula is C15H19N5O3. The van der Waals surface area contributed by atoms with Gasteiger partial charge in [0.2, 0.25) is 0 Å². The van der Waals surface area contributed by atoms with Gasteiger partial charge < -0.3 is 14.2 Å². The quantitative estimate of drug-likeness (QED) is 0.899. The molecule has 0 aromatic carbocycles. The molecule has 0 saturated carbocycles. The molecule has 0 bridgehead atoms. The van der Waals surface area contributed by atoms with Crippen molar-refractivity contribution in [2.45, 2.75) is 38.9 Å². The lowest BCUT2D eigenvalue weighted by Crippen LogP contribution is -2.45. The minimum atomic E-state index is -0.0962. The summed E-state index contributed by atoms with van der Waals surface area (Å²) in [5, 5.41) is 10.9. The third-order valence-electron chi connectivity index (χ3n) is 4.59. The molecule has 2 aliphatic heterocycles. The maximum atomic E-state index is 12.5. The molecule has 2 aromatic rings. The van der Waals surface area contributed by atoms with E-state index in [9.17, 15) is 4.79 Å². The van der Waals surface area contributed by atoms with Gasteiger partial charge in [0.25, 0.3) is 5.91 Å². The predicted octanol–water partition coefficient (Wildman–Crippen LogP) is 1.40. The van der Waals surface area contributed by atoms with Gasteiger partial charge in [-0.3, -0.25) is 9.89 Å². The zero-order valence-electron chi connectivity index (χ0n) is 13.2. The topological polar surface area (TPSA) is 97.1 Å². The van der Waals surface area contributed by atoms with E-state index in [4.69, 9.17) is 9.26 Å². The van der Waals surface area contributed by atoms with Crippen molar-refractivity contribution >= 4 is 5.91 Å². The number of nitrogens with one attached hydrogen (secondary N) is 1. The maximum absolute atomic E-state index is 12.5. The molecule has 2 fully saturated rings. The van der Waals surface area contributed by atoms with Crippen LogP contribution in [0.25, 0.3) is 0 Å². The van der Waals surface area contributed by atoms with Crippen LogP contribution in [0.3, 0.4) is 0 Å². The number of carbonyl (C=O) groups is 1. The highest BCUT2D eigenvalue weighted by Crippen LogP contribution is 2.40. The van der Waals surface area contributed by atoms with E-state index in [2.05, 4.69) is 20.3 Å². The van der Waals surface area contributed by atoms with Crippen molar-refractivity contribution in [3.63, 3.8) is 0 Å². The van der Waals surface area contributed by atoms with Gasteiger partial charge in [0, 0.05) is 19.2 Å². The number of hydrogen-bond acceptors (Lipinski definition) is 6. The van der Waals surface area contributed by atoms with E-state index in [1.165, 1.54) is 0 Å². The Hall–Kier alpha value is -2.22. The normalized spacial score (nSPS) is 27.2.